The van der Waals surface area contributed by atoms with Crippen LogP contribution >= 0.6 is 11.8 Å². The highest BCUT2D eigenvalue weighted by Gasteiger charge is 2.33. The number of carbonyl (C=O) groups excluding carboxylic acids is 2. The SMILES string of the molecule is Cn1nnnc1SCCNC(=O)[C@@H]1CC(=O)N(Cc2ccncc2)C1. The van der Waals surface area contributed by atoms with Gasteiger partial charge < -0.3 is 10.2 Å². The lowest BCUT2D eigenvalue weighted by atomic mass is 10.1. The summed E-state index contributed by atoms with van der Waals surface area (Å²) < 4.78 is 1.58. The minimum Gasteiger partial charge on any atom is -0.355 e. The molecule has 0 unspecified atom stereocenters. The molecular weight excluding hydrogens is 342 g/mol. The smallest absolute Gasteiger partial charge is 0.225 e. The van der Waals surface area contributed by atoms with Crippen LogP contribution in [0.2, 0.25) is 0 Å². The Morgan fingerprint density at radius 3 is 2.92 bits per heavy atom. The second-order valence-electron chi connectivity index (χ2n) is 5.76. The van der Waals surface area contributed by atoms with E-state index in [9.17, 15) is 9.59 Å². The summed E-state index contributed by atoms with van der Waals surface area (Å²) in [4.78, 5) is 30.1. The van der Waals surface area contributed by atoms with E-state index in [1.165, 1.54) is 11.8 Å². The lowest BCUT2D eigenvalue weighted by molar-refractivity contribution is -0.129. The zero-order valence-electron chi connectivity index (χ0n) is 13.8. The summed E-state index contributed by atoms with van der Waals surface area (Å²) in [6, 6.07) is 3.75. The number of aromatic nitrogens is 5. The molecule has 2 aromatic heterocycles. The molecule has 1 atom stereocenters. The number of thioether (sulfide) groups is 1. The average Bonchev–Trinajstić information content (AvgIpc) is 3.18. The highest BCUT2D eigenvalue weighted by Crippen LogP contribution is 2.20. The Labute approximate surface area is 149 Å². The molecule has 0 radical (unpaired) electrons. The fourth-order valence-corrected chi connectivity index (χ4v) is 3.32. The van der Waals surface area contributed by atoms with Crippen LogP contribution in [-0.4, -0.2) is 60.7 Å². The van der Waals surface area contributed by atoms with Gasteiger partial charge in [0.25, 0.3) is 0 Å². The van der Waals surface area contributed by atoms with E-state index >= 15 is 0 Å². The fourth-order valence-electron chi connectivity index (χ4n) is 2.61. The molecule has 1 fully saturated rings. The summed E-state index contributed by atoms with van der Waals surface area (Å²) >= 11 is 1.47. The predicted octanol–water partition coefficient (Wildman–Crippen LogP) is -0.138. The number of nitrogens with zero attached hydrogens (tertiary/aromatic N) is 6. The van der Waals surface area contributed by atoms with E-state index in [1.54, 1.807) is 29.0 Å². The van der Waals surface area contributed by atoms with Crippen LogP contribution in [-0.2, 0) is 23.2 Å². The van der Waals surface area contributed by atoms with E-state index < -0.39 is 0 Å². The fraction of sp³-hybridized carbons (Fsp3) is 0.467. The van der Waals surface area contributed by atoms with E-state index in [0.29, 0.717) is 30.5 Å². The zero-order chi connectivity index (χ0) is 17.6. The molecule has 0 aromatic carbocycles. The summed E-state index contributed by atoms with van der Waals surface area (Å²) in [6.07, 6.45) is 3.66. The third-order valence-electron chi connectivity index (χ3n) is 3.92. The summed E-state index contributed by atoms with van der Waals surface area (Å²) in [6.45, 7) is 1.47. The number of hydrogen-bond donors (Lipinski definition) is 1. The number of amides is 2. The van der Waals surface area contributed by atoms with Crippen molar-refractivity contribution in [2.24, 2.45) is 13.0 Å². The van der Waals surface area contributed by atoms with Crippen LogP contribution in [0, 0.1) is 5.92 Å². The number of tetrazole rings is 1. The quantitative estimate of drug-likeness (QED) is 0.540. The maximum Gasteiger partial charge on any atom is 0.225 e. The number of likely N-dealkylation sites (tertiary alicyclic amines) is 1. The van der Waals surface area contributed by atoms with Gasteiger partial charge in [0.1, 0.15) is 0 Å². The van der Waals surface area contributed by atoms with Gasteiger partial charge >= 0.3 is 0 Å². The molecule has 1 aliphatic rings. The Morgan fingerprint density at radius 1 is 1.40 bits per heavy atom. The lowest BCUT2D eigenvalue weighted by Gasteiger charge is -2.16. The van der Waals surface area contributed by atoms with Crippen LogP contribution < -0.4 is 5.32 Å². The van der Waals surface area contributed by atoms with Gasteiger partial charge in [-0.2, -0.15) is 0 Å². The van der Waals surface area contributed by atoms with Crippen molar-refractivity contribution in [1.29, 1.82) is 0 Å². The van der Waals surface area contributed by atoms with Gasteiger partial charge in [-0.25, -0.2) is 4.68 Å². The third-order valence-corrected chi connectivity index (χ3v) is 4.93. The number of aryl methyl sites for hydroxylation is 1. The van der Waals surface area contributed by atoms with E-state index in [0.717, 1.165) is 5.56 Å². The van der Waals surface area contributed by atoms with Gasteiger partial charge in [-0.15, -0.1) is 5.10 Å². The average molecular weight is 361 g/mol. The van der Waals surface area contributed by atoms with Crippen molar-refractivity contribution in [3.05, 3.63) is 30.1 Å². The molecule has 1 saturated heterocycles. The molecule has 3 heterocycles. The Morgan fingerprint density at radius 2 is 2.20 bits per heavy atom. The predicted molar refractivity (Wildman–Crippen MR) is 90.3 cm³/mol. The number of nitrogens with one attached hydrogen (secondary N) is 1. The molecule has 0 saturated carbocycles. The van der Waals surface area contributed by atoms with Crippen molar-refractivity contribution in [3.8, 4) is 0 Å². The minimum atomic E-state index is -0.296. The highest BCUT2D eigenvalue weighted by atomic mass is 32.2. The Bertz CT molecular complexity index is 736. The summed E-state index contributed by atoms with van der Waals surface area (Å²) in [5.41, 5.74) is 1.01. The van der Waals surface area contributed by atoms with Crippen LogP contribution in [0.15, 0.2) is 29.7 Å². The van der Waals surface area contributed by atoms with Gasteiger partial charge in [0, 0.05) is 51.2 Å². The summed E-state index contributed by atoms with van der Waals surface area (Å²) in [5, 5.41) is 14.8. The molecule has 0 spiro atoms. The molecule has 2 aromatic rings. The standard InChI is InChI=1S/C15H19N7O2S/c1-21-15(18-19-20-21)25-7-6-17-14(24)12-8-13(23)22(10-12)9-11-2-4-16-5-3-11/h2-5,12H,6-10H2,1H3,(H,17,24)/t12-/m1/s1. The maximum absolute atomic E-state index is 12.3. The van der Waals surface area contributed by atoms with Gasteiger partial charge in [-0.3, -0.25) is 14.6 Å². The molecule has 0 bridgehead atoms. The summed E-state index contributed by atoms with van der Waals surface area (Å²) in [5.74, 6) is 0.302. The molecule has 132 valence electrons. The second kappa shape index (κ2) is 8.06. The first-order chi connectivity index (χ1) is 12.1. The Hall–Kier alpha value is -2.49. The molecule has 1 N–H and O–H groups in total. The van der Waals surface area contributed by atoms with Crippen molar-refractivity contribution >= 4 is 23.6 Å². The highest BCUT2D eigenvalue weighted by molar-refractivity contribution is 7.99. The van der Waals surface area contributed by atoms with Crippen molar-refractivity contribution in [2.75, 3.05) is 18.8 Å². The van der Waals surface area contributed by atoms with Crippen molar-refractivity contribution < 1.29 is 9.59 Å². The number of pyridine rings is 1. The van der Waals surface area contributed by atoms with Crippen LogP contribution in [0.3, 0.4) is 0 Å². The van der Waals surface area contributed by atoms with Gasteiger partial charge in [0.15, 0.2) is 0 Å². The molecule has 10 heteroatoms. The molecule has 25 heavy (non-hydrogen) atoms. The second-order valence-corrected chi connectivity index (χ2v) is 6.82. The van der Waals surface area contributed by atoms with Gasteiger partial charge in [0.2, 0.25) is 17.0 Å². The number of carbonyl (C=O) groups is 2. The molecule has 9 nitrogen and oxygen atoms in total. The molecule has 0 aliphatic carbocycles. The van der Waals surface area contributed by atoms with Crippen molar-refractivity contribution in [1.82, 2.24) is 35.4 Å². The van der Waals surface area contributed by atoms with Crippen molar-refractivity contribution in [2.45, 2.75) is 18.1 Å². The van der Waals surface area contributed by atoms with Gasteiger partial charge in [-0.1, -0.05) is 11.8 Å². The van der Waals surface area contributed by atoms with E-state index in [1.807, 2.05) is 12.1 Å². The first kappa shape index (κ1) is 17.3. The Kier molecular flexibility index (Phi) is 5.59. The molecular formula is C15H19N7O2S. The van der Waals surface area contributed by atoms with Gasteiger partial charge in [-0.05, 0) is 28.1 Å². The normalized spacial score (nSPS) is 17.1. The third kappa shape index (κ3) is 4.53. The molecule has 2 amide bonds. The largest absolute Gasteiger partial charge is 0.355 e. The number of hydrogen-bond acceptors (Lipinski definition) is 7. The lowest BCUT2D eigenvalue weighted by Crippen LogP contribution is -2.34. The minimum absolute atomic E-state index is 0.0106. The van der Waals surface area contributed by atoms with Crippen molar-refractivity contribution in [3.63, 3.8) is 0 Å². The first-order valence-electron chi connectivity index (χ1n) is 7.93. The van der Waals surface area contributed by atoms with E-state index in [4.69, 9.17) is 0 Å². The topological polar surface area (TPSA) is 106 Å². The van der Waals surface area contributed by atoms with Crippen LogP contribution in [0.5, 0.6) is 0 Å². The monoisotopic (exact) mass is 361 g/mol. The Balaban J connectivity index is 1.42. The van der Waals surface area contributed by atoms with Crippen LogP contribution in [0.25, 0.3) is 0 Å². The number of rotatable bonds is 7. The van der Waals surface area contributed by atoms with Crippen LogP contribution in [0.1, 0.15) is 12.0 Å². The van der Waals surface area contributed by atoms with E-state index in [-0.39, 0.29) is 24.2 Å². The summed E-state index contributed by atoms with van der Waals surface area (Å²) in [7, 11) is 1.77. The van der Waals surface area contributed by atoms with Crippen LogP contribution in [0.4, 0.5) is 0 Å². The van der Waals surface area contributed by atoms with E-state index in [2.05, 4.69) is 25.8 Å². The first-order valence-corrected chi connectivity index (χ1v) is 8.91. The molecule has 1 aliphatic heterocycles. The molecule has 3 rings (SSSR count). The van der Waals surface area contributed by atoms with Gasteiger partial charge in [0.05, 0.1) is 5.92 Å². The maximum atomic E-state index is 12.3. The zero-order valence-corrected chi connectivity index (χ0v) is 14.6.